The zero-order valence-corrected chi connectivity index (χ0v) is 15.5. The largest absolute Gasteiger partial charge is 0.466 e. The maximum absolute atomic E-state index is 12.2. The first-order valence-corrected chi connectivity index (χ1v) is 8.78. The minimum absolute atomic E-state index is 0.0824. The lowest BCUT2D eigenvalue weighted by molar-refractivity contribution is -0.146. The van der Waals surface area contributed by atoms with Crippen LogP contribution in [0, 0.1) is 0 Å². The highest BCUT2D eigenvalue weighted by atomic mass is 16.5. The third-order valence-corrected chi connectivity index (χ3v) is 4.07. The number of aromatic nitrogens is 3. The van der Waals surface area contributed by atoms with Gasteiger partial charge in [0.1, 0.15) is 5.75 Å². The van der Waals surface area contributed by atoms with Gasteiger partial charge in [-0.05, 0) is 13.0 Å². The smallest absolute Gasteiger partial charge is 0.311 e. The van der Waals surface area contributed by atoms with E-state index in [2.05, 4.69) is 10.2 Å². The second kappa shape index (κ2) is 8.43. The minimum Gasteiger partial charge on any atom is -0.466 e. The molecule has 144 valence electrons. The van der Waals surface area contributed by atoms with Gasteiger partial charge < -0.3 is 9.47 Å². The lowest BCUT2D eigenvalue weighted by Gasteiger charge is -2.10. The molecule has 0 amide bonds. The number of aryl methyl sites for hydroxylation is 1. The normalized spacial score (nSPS) is 10.6. The van der Waals surface area contributed by atoms with Crippen LogP contribution in [0.4, 0.5) is 0 Å². The van der Waals surface area contributed by atoms with Crippen molar-refractivity contribution in [2.45, 2.75) is 19.8 Å². The Morgan fingerprint density at radius 1 is 1.04 bits per heavy atom. The molecule has 2 aromatic heterocycles. The van der Waals surface area contributed by atoms with E-state index in [4.69, 9.17) is 9.47 Å². The SMILES string of the molecule is CCOC(=O)CCC(=O)Oc1cc(=O)n(C)c2nnc(-c3ccccc3)cc12. The average molecular weight is 381 g/mol. The third-order valence-electron chi connectivity index (χ3n) is 4.07. The number of fused-ring (bicyclic) bond motifs is 1. The summed E-state index contributed by atoms with van der Waals surface area (Å²) >= 11 is 0. The number of nitrogens with zero attached hydrogens (tertiary/aromatic N) is 3. The van der Waals surface area contributed by atoms with E-state index in [1.807, 2.05) is 30.3 Å². The van der Waals surface area contributed by atoms with Crippen LogP contribution in [0.1, 0.15) is 19.8 Å². The number of benzene rings is 1. The van der Waals surface area contributed by atoms with E-state index in [1.54, 1.807) is 20.0 Å². The minimum atomic E-state index is -0.638. The summed E-state index contributed by atoms with van der Waals surface area (Å²) in [5, 5.41) is 8.77. The maximum atomic E-state index is 12.2. The highest BCUT2D eigenvalue weighted by Gasteiger charge is 2.16. The summed E-state index contributed by atoms with van der Waals surface area (Å²) < 4.78 is 11.5. The first-order valence-electron chi connectivity index (χ1n) is 8.78. The van der Waals surface area contributed by atoms with Crippen LogP contribution in [0.5, 0.6) is 5.75 Å². The van der Waals surface area contributed by atoms with Crippen molar-refractivity contribution in [3.63, 3.8) is 0 Å². The molecule has 0 atom stereocenters. The summed E-state index contributed by atoms with van der Waals surface area (Å²) in [6.45, 7) is 1.93. The van der Waals surface area contributed by atoms with E-state index in [0.717, 1.165) is 5.56 Å². The number of pyridine rings is 1. The van der Waals surface area contributed by atoms with Crippen molar-refractivity contribution in [1.29, 1.82) is 0 Å². The van der Waals surface area contributed by atoms with E-state index in [0.29, 0.717) is 16.7 Å². The summed E-state index contributed by atoms with van der Waals surface area (Å²) in [5.41, 5.74) is 1.32. The van der Waals surface area contributed by atoms with Crippen LogP contribution < -0.4 is 10.3 Å². The van der Waals surface area contributed by atoms with Crippen LogP contribution in [0.25, 0.3) is 22.3 Å². The van der Waals surface area contributed by atoms with Gasteiger partial charge in [-0.2, -0.15) is 0 Å². The molecule has 0 aliphatic rings. The summed E-state index contributed by atoms with van der Waals surface area (Å²) in [6, 6.07) is 12.3. The molecule has 28 heavy (non-hydrogen) atoms. The fourth-order valence-electron chi connectivity index (χ4n) is 2.65. The van der Waals surface area contributed by atoms with Gasteiger partial charge in [-0.25, -0.2) is 0 Å². The Balaban J connectivity index is 1.94. The summed E-state index contributed by atoms with van der Waals surface area (Å²) in [5.74, 6) is -1.04. The Kier molecular flexibility index (Phi) is 5.78. The topological polar surface area (TPSA) is 100 Å². The quantitative estimate of drug-likeness (QED) is 0.604. The van der Waals surface area contributed by atoms with Gasteiger partial charge in [-0.15, -0.1) is 10.2 Å². The molecule has 0 radical (unpaired) electrons. The Hall–Kier alpha value is -3.55. The predicted octanol–water partition coefficient (Wildman–Crippen LogP) is 2.24. The van der Waals surface area contributed by atoms with Crippen LogP contribution in [-0.4, -0.2) is 33.3 Å². The Labute approximate surface area is 160 Å². The second-order valence-corrected chi connectivity index (χ2v) is 6.02. The van der Waals surface area contributed by atoms with Gasteiger partial charge in [0.05, 0.1) is 30.5 Å². The molecular weight excluding hydrogens is 362 g/mol. The molecule has 2 heterocycles. The molecule has 0 saturated heterocycles. The van der Waals surface area contributed by atoms with Crippen LogP contribution in [0.2, 0.25) is 0 Å². The third kappa shape index (κ3) is 4.22. The number of esters is 2. The predicted molar refractivity (Wildman–Crippen MR) is 102 cm³/mol. The molecule has 0 fully saturated rings. The van der Waals surface area contributed by atoms with Crippen LogP contribution in [-0.2, 0) is 21.4 Å². The Morgan fingerprint density at radius 3 is 2.46 bits per heavy atom. The van der Waals surface area contributed by atoms with E-state index >= 15 is 0 Å². The van der Waals surface area contributed by atoms with E-state index in [9.17, 15) is 14.4 Å². The van der Waals surface area contributed by atoms with Crippen LogP contribution in [0.3, 0.4) is 0 Å². The fourth-order valence-corrected chi connectivity index (χ4v) is 2.65. The molecule has 8 heteroatoms. The van der Waals surface area contributed by atoms with Crippen molar-refractivity contribution in [2.24, 2.45) is 7.05 Å². The van der Waals surface area contributed by atoms with Crippen LogP contribution >= 0.6 is 0 Å². The van der Waals surface area contributed by atoms with Gasteiger partial charge in [-0.1, -0.05) is 30.3 Å². The number of ether oxygens (including phenoxy) is 2. The van der Waals surface area contributed by atoms with Gasteiger partial charge in [0, 0.05) is 18.7 Å². The van der Waals surface area contributed by atoms with Gasteiger partial charge in [0.25, 0.3) is 5.56 Å². The van der Waals surface area contributed by atoms with E-state index in [1.165, 1.54) is 10.6 Å². The summed E-state index contributed by atoms with van der Waals surface area (Å²) in [4.78, 5) is 35.7. The van der Waals surface area contributed by atoms with E-state index in [-0.39, 0.29) is 30.8 Å². The number of hydrogen-bond donors (Lipinski definition) is 0. The molecule has 3 aromatic rings. The molecule has 0 bridgehead atoms. The van der Waals surface area contributed by atoms with Crippen molar-refractivity contribution in [1.82, 2.24) is 14.8 Å². The van der Waals surface area contributed by atoms with Gasteiger partial charge in [0.15, 0.2) is 5.65 Å². The highest BCUT2D eigenvalue weighted by molar-refractivity contribution is 5.88. The van der Waals surface area contributed by atoms with E-state index < -0.39 is 11.9 Å². The molecule has 0 unspecified atom stereocenters. The number of hydrogen-bond acceptors (Lipinski definition) is 7. The number of rotatable bonds is 6. The molecule has 1 aromatic carbocycles. The molecule has 0 spiro atoms. The van der Waals surface area contributed by atoms with Gasteiger partial charge in [0.2, 0.25) is 0 Å². The number of carbonyl (C=O) groups excluding carboxylic acids is 2. The lowest BCUT2D eigenvalue weighted by atomic mass is 10.1. The zero-order valence-electron chi connectivity index (χ0n) is 15.5. The van der Waals surface area contributed by atoms with Crippen molar-refractivity contribution in [2.75, 3.05) is 6.61 Å². The van der Waals surface area contributed by atoms with Crippen LogP contribution in [0.15, 0.2) is 47.3 Å². The number of carbonyl (C=O) groups is 2. The van der Waals surface area contributed by atoms with Crippen molar-refractivity contribution >= 4 is 23.0 Å². The summed E-state index contributed by atoms with van der Waals surface area (Å²) in [6.07, 6.45) is -0.246. The first kappa shape index (κ1) is 19.2. The maximum Gasteiger partial charge on any atom is 0.311 e. The molecule has 0 aliphatic carbocycles. The molecule has 8 nitrogen and oxygen atoms in total. The van der Waals surface area contributed by atoms with Gasteiger partial charge >= 0.3 is 11.9 Å². The van der Waals surface area contributed by atoms with Crippen molar-refractivity contribution in [3.05, 3.63) is 52.8 Å². The standard InChI is InChI=1S/C20H19N3O5/c1-3-27-18(25)9-10-19(26)28-16-12-17(24)23(2)20-14(16)11-15(21-22-20)13-7-5-4-6-8-13/h4-8,11-12H,3,9-10H2,1-2H3. The second-order valence-electron chi connectivity index (χ2n) is 6.02. The Bertz CT molecular complexity index is 1080. The van der Waals surface area contributed by atoms with Crippen molar-refractivity contribution < 1.29 is 19.1 Å². The fraction of sp³-hybridized carbons (Fsp3) is 0.250. The lowest BCUT2D eigenvalue weighted by Crippen LogP contribution is -2.19. The summed E-state index contributed by atoms with van der Waals surface area (Å²) in [7, 11) is 1.56. The van der Waals surface area contributed by atoms with Crippen molar-refractivity contribution in [3.8, 4) is 17.0 Å². The zero-order chi connectivity index (χ0) is 20.1. The Morgan fingerprint density at radius 2 is 1.75 bits per heavy atom. The highest BCUT2D eigenvalue weighted by Crippen LogP contribution is 2.26. The molecule has 0 aliphatic heterocycles. The molecule has 3 rings (SSSR count). The average Bonchev–Trinajstić information content (AvgIpc) is 2.71. The molecular formula is C20H19N3O5. The molecule has 0 saturated carbocycles. The monoisotopic (exact) mass is 381 g/mol. The van der Waals surface area contributed by atoms with Gasteiger partial charge in [-0.3, -0.25) is 19.0 Å². The first-order chi connectivity index (χ1) is 13.5. The molecule has 0 N–H and O–H groups in total.